The number of amides is 3. The van der Waals surface area contributed by atoms with Gasteiger partial charge >= 0.3 is 0 Å². The van der Waals surface area contributed by atoms with E-state index in [1.807, 2.05) is 61.7 Å². The minimum absolute atomic E-state index is 0.148. The van der Waals surface area contributed by atoms with Gasteiger partial charge in [0.1, 0.15) is 0 Å². The molecule has 1 saturated heterocycles. The lowest BCUT2D eigenvalue weighted by atomic mass is 10.1. The zero-order valence-corrected chi connectivity index (χ0v) is 17.3. The van der Waals surface area contributed by atoms with Gasteiger partial charge in [-0.15, -0.1) is 0 Å². The molecule has 1 aliphatic heterocycles. The van der Waals surface area contributed by atoms with E-state index in [4.69, 9.17) is 0 Å². The molecule has 6 nitrogen and oxygen atoms in total. The van der Waals surface area contributed by atoms with Gasteiger partial charge in [0.2, 0.25) is 5.91 Å². The highest BCUT2D eigenvalue weighted by molar-refractivity contribution is 8.18. The van der Waals surface area contributed by atoms with Crippen LogP contribution in [0, 0.1) is 6.92 Å². The number of carbonyl (C=O) groups is 3. The number of fused-ring (bicyclic) bond motifs is 1. The lowest BCUT2D eigenvalue weighted by Crippen LogP contribution is -2.37. The van der Waals surface area contributed by atoms with Gasteiger partial charge in [0.25, 0.3) is 11.1 Å². The average molecular weight is 420 g/mol. The fraction of sp³-hybridized carbons (Fsp3) is 0.174. The zero-order chi connectivity index (χ0) is 21.1. The predicted molar refractivity (Wildman–Crippen MR) is 119 cm³/mol. The number of benzene rings is 2. The maximum atomic E-state index is 12.6. The minimum Gasteiger partial charge on any atom is -0.361 e. The van der Waals surface area contributed by atoms with Gasteiger partial charge in [-0.05, 0) is 42.0 Å². The molecular formula is C23H21N3O3S. The van der Waals surface area contributed by atoms with Crippen LogP contribution in [0.2, 0.25) is 0 Å². The molecule has 2 N–H and O–H groups in total. The molecule has 3 aromatic rings. The highest BCUT2D eigenvalue weighted by Gasteiger charge is 2.34. The molecule has 0 bridgehead atoms. The number of nitrogens with one attached hydrogen (secondary N) is 2. The summed E-state index contributed by atoms with van der Waals surface area (Å²) in [6.45, 7) is 2.36. The third kappa shape index (κ3) is 4.31. The monoisotopic (exact) mass is 419 g/mol. The van der Waals surface area contributed by atoms with Gasteiger partial charge in [-0.3, -0.25) is 19.3 Å². The van der Waals surface area contributed by atoms with Gasteiger partial charge in [0.15, 0.2) is 0 Å². The first-order chi connectivity index (χ1) is 14.5. The van der Waals surface area contributed by atoms with E-state index in [9.17, 15) is 14.4 Å². The molecule has 0 spiro atoms. The van der Waals surface area contributed by atoms with Gasteiger partial charge < -0.3 is 10.3 Å². The van der Waals surface area contributed by atoms with Crippen LogP contribution in [0.3, 0.4) is 0 Å². The Morgan fingerprint density at radius 3 is 2.70 bits per heavy atom. The van der Waals surface area contributed by atoms with E-state index >= 15 is 0 Å². The van der Waals surface area contributed by atoms with Crippen molar-refractivity contribution in [3.8, 4) is 0 Å². The third-order valence-corrected chi connectivity index (χ3v) is 5.84. The van der Waals surface area contributed by atoms with Crippen molar-refractivity contribution in [3.63, 3.8) is 0 Å². The fourth-order valence-electron chi connectivity index (χ4n) is 3.33. The number of hydrogen-bond acceptors (Lipinski definition) is 4. The van der Waals surface area contributed by atoms with E-state index in [0.717, 1.165) is 39.4 Å². The number of imide groups is 1. The van der Waals surface area contributed by atoms with E-state index in [1.165, 1.54) is 4.90 Å². The smallest absolute Gasteiger partial charge is 0.293 e. The third-order valence-electron chi connectivity index (χ3n) is 4.93. The molecule has 1 fully saturated rings. The van der Waals surface area contributed by atoms with Crippen molar-refractivity contribution in [2.75, 3.05) is 13.1 Å². The van der Waals surface area contributed by atoms with Crippen LogP contribution in [-0.2, 0) is 16.0 Å². The maximum Gasteiger partial charge on any atom is 0.293 e. The van der Waals surface area contributed by atoms with Crippen molar-refractivity contribution in [2.24, 2.45) is 0 Å². The number of para-hydroxylation sites is 1. The molecule has 0 radical (unpaired) electrons. The van der Waals surface area contributed by atoms with Crippen molar-refractivity contribution < 1.29 is 14.4 Å². The number of aromatic nitrogens is 1. The lowest BCUT2D eigenvalue weighted by Gasteiger charge is -2.13. The first kappa shape index (κ1) is 20.0. The van der Waals surface area contributed by atoms with Crippen LogP contribution in [-0.4, -0.2) is 40.0 Å². The van der Waals surface area contributed by atoms with Crippen molar-refractivity contribution >= 4 is 45.8 Å². The molecule has 0 saturated carbocycles. The van der Waals surface area contributed by atoms with Crippen molar-refractivity contribution in [2.45, 2.75) is 13.3 Å². The molecular weight excluding hydrogens is 398 g/mol. The first-order valence-electron chi connectivity index (χ1n) is 9.65. The van der Waals surface area contributed by atoms with E-state index in [1.54, 1.807) is 6.08 Å². The van der Waals surface area contributed by atoms with Gasteiger partial charge in [0.05, 0.1) is 11.3 Å². The van der Waals surface area contributed by atoms with Gasteiger partial charge in [0, 0.05) is 30.2 Å². The summed E-state index contributed by atoms with van der Waals surface area (Å²) in [6.07, 6.45) is 3.79. The minimum atomic E-state index is -0.323. The highest BCUT2D eigenvalue weighted by atomic mass is 32.2. The standard InChI is InChI=1S/C23H21N3O3S/c1-15-6-8-16(9-7-15)12-20-22(28)26(23(29)30-20)11-10-24-21(27)13-17-14-25-19-5-3-2-4-18(17)19/h2-9,12,14,25H,10-11,13H2,1H3,(H,24,27)/b20-12-. The number of carbonyl (C=O) groups excluding carboxylic acids is 3. The predicted octanol–water partition coefficient (Wildman–Crippen LogP) is 3.87. The molecule has 3 amide bonds. The fourth-order valence-corrected chi connectivity index (χ4v) is 4.19. The molecule has 2 aromatic carbocycles. The topological polar surface area (TPSA) is 82.3 Å². The number of nitrogens with zero attached hydrogens (tertiary/aromatic N) is 1. The molecule has 7 heteroatoms. The summed E-state index contributed by atoms with van der Waals surface area (Å²) in [5.41, 5.74) is 3.90. The van der Waals surface area contributed by atoms with Crippen molar-refractivity contribution in [1.82, 2.24) is 15.2 Å². The molecule has 30 heavy (non-hydrogen) atoms. The Morgan fingerprint density at radius 2 is 1.90 bits per heavy atom. The van der Waals surface area contributed by atoms with Crippen LogP contribution >= 0.6 is 11.8 Å². The van der Waals surface area contributed by atoms with Crippen LogP contribution < -0.4 is 5.32 Å². The number of thioether (sulfide) groups is 1. The van der Waals surface area contributed by atoms with Crippen LogP contribution in [0.15, 0.2) is 59.6 Å². The summed E-state index contributed by atoms with van der Waals surface area (Å²) >= 11 is 0.927. The molecule has 0 atom stereocenters. The quantitative estimate of drug-likeness (QED) is 0.594. The lowest BCUT2D eigenvalue weighted by molar-refractivity contribution is -0.124. The summed E-state index contributed by atoms with van der Waals surface area (Å²) in [4.78, 5) is 41.8. The first-order valence-corrected chi connectivity index (χ1v) is 10.5. The summed E-state index contributed by atoms with van der Waals surface area (Å²) < 4.78 is 0. The molecule has 0 unspecified atom stereocenters. The Bertz CT molecular complexity index is 1150. The van der Waals surface area contributed by atoms with Crippen LogP contribution in [0.1, 0.15) is 16.7 Å². The Kier molecular flexibility index (Phi) is 5.72. The number of hydrogen-bond donors (Lipinski definition) is 2. The Morgan fingerprint density at radius 1 is 1.13 bits per heavy atom. The van der Waals surface area contributed by atoms with Gasteiger partial charge in [-0.2, -0.15) is 0 Å². The summed E-state index contributed by atoms with van der Waals surface area (Å²) in [5, 5.41) is 3.49. The summed E-state index contributed by atoms with van der Waals surface area (Å²) in [5.74, 6) is -0.474. The summed E-state index contributed by atoms with van der Waals surface area (Å²) in [6, 6.07) is 15.5. The molecule has 2 heterocycles. The van der Waals surface area contributed by atoms with Gasteiger partial charge in [-0.25, -0.2) is 0 Å². The van der Waals surface area contributed by atoms with Gasteiger partial charge in [-0.1, -0.05) is 48.0 Å². The van der Waals surface area contributed by atoms with Crippen LogP contribution in [0.25, 0.3) is 17.0 Å². The SMILES string of the molecule is Cc1ccc(/C=C2\SC(=O)N(CCNC(=O)Cc3c[nH]c4ccccc34)C2=O)cc1. The van der Waals surface area contributed by atoms with Crippen LogP contribution in [0.4, 0.5) is 4.79 Å². The maximum absolute atomic E-state index is 12.6. The number of rotatable bonds is 6. The Hall–Kier alpha value is -3.32. The molecule has 1 aliphatic rings. The molecule has 152 valence electrons. The van der Waals surface area contributed by atoms with Crippen molar-refractivity contribution in [3.05, 3.63) is 76.3 Å². The largest absolute Gasteiger partial charge is 0.361 e. The average Bonchev–Trinajstić information content (AvgIpc) is 3.25. The number of H-pyrrole nitrogens is 1. The van der Waals surface area contributed by atoms with Crippen molar-refractivity contribution in [1.29, 1.82) is 0 Å². The van der Waals surface area contributed by atoms with E-state index in [0.29, 0.717) is 4.91 Å². The molecule has 4 rings (SSSR count). The number of aryl methyl sites for hydroxylation is 1. The highest BCUT2D eigenvalue weighted by Crippen LogP contribution is 2.31. The molecule has 0 aliphatic carbocycles. The zero-order valence-electron chi connectivity index (χ0n) is 16.5. The second-order valence-corrected chi connectivity index (χ2v) is 8.12. The van der Waals surface area contributed by atoms with E-state index in [2.05, 4.69) is 10.3 Å². The normalized spacial score (nSPS) is 15.4. The Labute approximate surface area is 178 Å². The Balaban J connectivity index is 1.32. The van der Waals surface area contributed by atoms with E-state index < -0.39 is 0 Å². The van der Waals surface area contributed by atoms with E-state index in [-0.39, 0.29) is 36.6 Å². The summed E-state index contributed by atoms with van der Waals surface area (Å²) in [7, 11) is 0. The second kappa shape index (κ2) is 8.59. The number of aromatic amines is 1. The van der Waals surface area contributed by atoms with Crippen LogP contribution in [0.5, 0.6) is 0 Å². The molecule has 1 aromatic heterocycles. The second-order valence-electron chi connectivity index (χ2n) is 7.13.